The van der Waals surface area contributed by atoms with Gasteiger partial charge in [-0.2, -0.15) is 4.31 Å². The van der Waals surface area contributed by atoms with E-state index >= 15 is 0 Å². The van der Waals surface area contributed by atoms with Crippen molar-refractivity contribution in [3.8, 4) is 11.5 Å². The molecule has 6 heteroatoms. The summed E-state index contributed by atoms with van der Waals surface area (Å²) in [6.45, 7) is 5.06. The normalized spacial score (nSPS) is 20.3. The third-order valence-electron chi connectivity index (χ3n) is 3.92. The summed E-state index contributed by atoms with van der Waals surface area (Å²) in [6.07, 6.45) is 1.96. The molecule has 0 amide bonds. The van der Waals surface area contributed by atoms with E-state index in [1.54, 1.807) is 16.4 Å². The SMILES string of the molecule is COc1cc(S(=O)(=O)N2CCC[C@H](C)C2)c(OC)cc1C. The zero-order chi connectivity index (χ0) is 15.6. The zero-order valence-corrected chi connectivity index (χ0v) is 13.9. The number of hydrogen-bond donors (Lipinski definition) is 0. The van der Waals surface area contributed by atoms with Crippen LogP contribution in [-0.2, 0) is 10.0 Å². The van der Waals surface area contributed by atoms with E-state index in [0.717, 1.165) is 18.4 Å². The molecule has 5 nitrogen and oxygen atoms in total. The van der Waals surface area contributed by atoms with Crippen LogP contribution >= 0.6 is 0 Å². The van der Waals surface area contributed by atoms with Crippen molar-refractivity contribution in [2.75, 3.05) is 27.3 Å². The predicted molar refractivity (Wildman–Crippen MR) is 81.4 cm³/mol. The molecule has 0 aliphatic carbocycles. The molecule has 1 atom stereocenters. The molecule has 0 unspecified atom stereocenters. The van der Waals surface area contributed by atoms with Crippen molar-refractivity contribution in [1.82, 2.24) is 4.31 Å². The molecule has 1 aromatic rings. The summed E-state index contributed by atoms with van der Waals surface area (Å²) in [7, 11) is -0.538. The summed E-state index contributed by atoms with van der Waals surface area (Å²) >= 11 is 0. The van der Waals surface area contributed by atoms with Crippen LogP contribution in [-0.4, -0.2) is 40.0 Å². The van der Waals surface area contributed by atoms with E-state index in [1.165, 1.54) is 14.2 Å². The number of aryl methyl sites for hydroxylation is 1. The summed E-state index contributed by atoms with van der Waals surface area (Å²) in [5.74, 6) is 1.30. The van der Waals surface area contributed by atoms with E-state index in [-0.39, 0.29) is 4.90 Å². The van der Waals surface area contributed by atoms with Crippen LogP contribution in [0.1, 0.15) is 25.3 Å². The molecule has 0 saturated carbocycles. The van der Waals surface area contributed by atoms with Crippen molar-refractivity contribution in [3.63, 3.8) is 0 Å². The Morgan fingerprint density at radius 1 is 1.19 bits per heavy atom. The lowest BCUT2D eigenvalue weighted by Crippen LogP contribution is -2.39. The summed E-state index contributed by atoms with van der Waals surface area (Å²) in [5, 5.41) is 0. The monoisotopic (exact) mass is 313 g/mol. The van der Waals surface area contributed by atoms with E-state index in [2.05, 4.69) is 6.92 Å². The molecular formula is C15H23NO4S. The lowest BCUT2D eigenvalue weighted by atomic mass is 10.0. The lowest BCUT2D eigenvalue weighted by molar-refractivity contribution is 0.280. The highest BCUT2D eigenvalue weighted by Crippen LogP contribution is 2.34. The molecule has 0 bridgehead atoms. The third kappa shape index (κ3) is 3.16. The average molecular weight is 313 g/mol. The molecule has 1 saturated heterocycles. The summed E-state index contributed by atoms with van der Waals surface area (Å²) in [5.41, 5.74) is 0.848. The Hall–Kier alpha value is -1.27. The first kappa shape index (κ1) is 16.1. The topological polar surface area (TPSA) is 55.8 Å². The van der Waals surface area contributed by atoms with Gasteiger partial charge < -0.3 is 9.47 Å². The Morgan fingerprint density at radius 3 is 2.43 bits per heavy atom. The van der Waals surface area contributed by atoms with Crippen LogP contribution in [0.4, 0.5) is 0 Å². The van der Waals surface area contributed by atoms with Crippen LogP contribution in [0.3, 0.4) is 0 Å². The van der Waals surface area contributed by atoms with Gasteiger partial charge in [0.1, 0.15) is 16.4 Å². The van der Waals surface area contributed by atoms with Crippen LogP contribution in [0.5, 0.6) is 11.5 Å². The molecule has 1 aromatic carbocycles. The van der Waals surface area contributed by atoms with Crippen LogP contribution in [0.15, 0.2) is 17.0 Å². The van der Waals surface area contributed by atoms with Crippen molar-refractivity contribution in [1.29, 1.82) is 0 Å². The van der Waals surface area contributed by atoms with E-state index in [1.807, 2.05) is 6.92 Å². The van der Waals surface area contributed by atoms with Crippen LogP contribution < -0.4 is 9.47 Å². The van der Waals surface area contributed by atoms with Gasteiger partial charge in [-0.15, -0.1) is 0 Å². The van der Waals surface area contributed by atoms with Gasteiger partial charge in [-0.3, -0.25) is 0 Å². The van der Waals surface area contributed by atoms with Gasteiger partial charge in [0, 0.05) is 19.2 Å². The Labute approximate surface area is 126 Å². The Kier molecular flexibility index (Phi) is 4.78. The number of piperidine rings is 1. The van der Waals surface area contributed by atoms with Gasteiger partial charge in [-0.05, 0) is 37.3 Å². The molecule has 0 spiro atoms. The molecule has 118 valence electrons. The first-order valence-electron chi connectivity index (χ1n) is 7.13. The number of rotatable bonds is 4. The van der Waals surface area contributed by atoms with Gasteiger partial charge in [-0.25, -0.2) is 8.42 Å². The van der Waals surface area contributed by atoms with Gasteiger partial charge in [0.25, 0.3) is 0 Å². The minimum atomic E-state index is -3.56. The fourth-order valence-corrected chi connectivity index (χ4v) is 4.48. The molecule has 1 fully saturated rings. The quantitative estimate of drug-likeness (QED) is 0.856. The standard InChI is InChI=1S/C15H23NO4S/c1-11-6-5-7-16(10-11)21(17,18)15-9-13(19-3)12(2)8-14(15)20-4/h8-9,11H,5-7,10H2,1-4H3/t11-/m0/s1. The predicted octanol–water partition coefficient (Wildman–Crippen LogP) is 2.43. The van der Waals surface area contributed by atoms with Crippen LogP contribution in [0.2, 0.25) is 0 Å². The first-order valence-corrected chi connectivity index (χ1v) is 8.57. The largest absolute Gasteiger partial charge is 0.496 e. The fourth-order valence-electron chi connectivity index (χ4n) is 2.73. The maximum atomic E-state index is 12.9. The first-order chi connectivity index (χ1) is 9.90. The molecule has 1 aliphatic heterocycles. The number of benzene rings is 1. The Morgan fingerprint density at radius 2 is 1.86 bits per heavy atom. The number of hydrogen-bond acceptors (Lipinski definition) is 4. The molecule has 1 heterocycles. The second kappa shape index (κ2) is 6.23. The Balaban J connectivity index is 2.48. The summed E-state index contributed by atoms with van der Waals surface area (Å²) < 4.78 is 37.8. The van der Waals surface area contributed by atoms with Crippen LogP contribution in [0.25, 0.3) is 0 Å². The number of sulfonamides is 1. The van der Waals surface area contributed by atoms with E-state index in [9.17, 15) is 8.42 Å². The second-order valence-corrected chi connectivity index (χ2v) is 7.49. The highest BCUT2D eigenvalue weighted by atomic mass is 32.2. The molecule has 0 N–H and O–H groups in total. The van der Waals surface area contributed by atoms with E-state index in [0.29, 0.717) is 30.5 Å². The number of ether oxygens (including phenoxy) is 2. The minimum Gasteiger partial charge on any atom is -0.496 e. The van der Waals surface area contributed by atoms with Gasteiger partial charge >= 0.3 is 0 Å². The average Bonchev–Trinajstić information content (AvgIpc) is 2.46. The molecule has 1 aliphatic rings. The number of nitrogens with zero attached hydrogens (tertiary/aromatic N) is 1. The minimum absolute atomic E-state index is 0.182. The van der Waals surface area contributed by atoms with E-state index < -0.39 is 10.0 Å². The van der Waals surface area contributed by atoms with Crippen molar-refractivity contribution < 1.29 is 17.9 Å². The van der Waals surface area contributed by atoms with Crippen molar-refractivity contribution >= 4 is 10.0 Å². The fraction of sp³-hybridized carbons (Fsp3) is 0.600. The smallest absolute Gasteiger partial charge is 0.246 e. The molecule has 2 rings (SSSR count). The van der Waals surface area contributed by atoms with Gasteiger partial charge in [0.15, 0.2) is 0 Å². The van der Waals surface area contributed by atoms with Gasteiger partial charge in [0.05, 0.1) is 14.2 Å². The van der Waals surface area contributed by atoms with Crippen molar-refractivity contribution in [3.05, 3.63) is 17.7 Å². The van der Waals surface area contributed by atoms with Crippen molar-refractivity contribution in [2.45, 2.75) is 31.6 Å². The third-order valence-corrected chi connectivity index (χ3v) is 5.81. The van der Waals surface area contributed by atoms with Crippen molar-refractivity contribution in [2.24, 2.45) is 5.92 Å². The highest BCUT2D eigenvalue weighted by molar-refractivity contribution is 7.89. The van der Waals surface area contributed by atoms with Gasteiger partial charge in [-0.1, -0.05) is 6.92 Å². The maximum Gasteiger partial charge on any atom is 0.246 e. The lowest BCUT2D eigenvalue weighted by Gasteiger charge is -2.30. The van der Waals surface area contributed by atoms with Crippen LogP contribution in [0, 0.1) is 12.8 Å². The summed E-state index contributed by atoms with van der Waals surface area (Å²) in [6, 6.07) is 3.27. The second-order valence-electron chi connectivity index (χ2n) is 5.58. The molecule has 21 heavy (non-hydrogen) atoms. The molecular weight excluding hydrogens is 290 g/mol. The molecule has 0 radical (unpaired) electrons. The Bertz CT molecular complexity index is 612. The number of methoxy groups -OCH3 is 2. The van der Waals surface area contributed by atoms with Gasteiger partial charge in [0.2, 0.25) is 10.0 Å². The zero-order valence-electron chi connectivity index (χ0n) is 13.0. The maximum absolute atomic E-state index is 12.9. The highest BCUT2D eigenvalue weighted by Gasteiger charge is 2.31. The molecule has 0 aromatic heterocycles. The van der Waals surface area contributed by atoms with E-state index in [4.69, 9.17) is 9.47 Å². The summed E-state index contributed by atoms with van der Waals surface area (Å²) in [4.78, 5) is 0.182.